The molecule has 2 atom stereocenters. The van der Waals surface area contributed by atoms with Crippen LogP contribution in [0.5, 0.6) is 0 Å². The molecule has 0 aromatic rings. The zero-order valence-electron chi connectivity index (χ0n) is 40.3. The van der Waals surface area contributed by atoms with Crippen LogP contribution < -0.4 is 11.1 Å². The molecule has 0 heterocycles. The number of carbonyl (C=O) groups excluding carboxylic acids is 2. The number of carboxylic acid groups (broad SMARTS) is 1. The van der Waals surface area contributed by atoms with E-state index in [-0.39, 0.29) is 18.0 Å². The van der Waals surface area contributed by atoms with Gasteiger partial charge in [0, 0.05) is 12.8 Å². The molecule has 0 radical (unpaired) electrons. The molecule has 2 unspecified atom stereocenters. The molecule has 61 heavy (non-hydrogen) atoms. The second-order valence-electron chi connectivity index (χ2n) is 17.9. The van der Waals surface area contributed by atoms with Crippen molar-refractivity contribution < 1.29 is 24.2 Å². The standard InChI is InChI=1S/C54H100N2O5/c1-3-5-7-9-11-13-15-17-18-19-20-21-22-23-24-25-26-27-29-31-33-38-42-48-53(58)61-50(44-39-35-32-30-28-16-14-12-10-8-6-4-2)45-40-36-34-37-41-47-52(57)56-51(54(59)60)46-43-49-55/h15,17,19-20,22-23,50-51H,3-14,16,18,21,24-49,55H2,1-2H3,(H,56,57)(H,59,60)/b17-15-,20-19-,23-22-. The van der Waals surface area contributed by atoms with Crippen molar-refractivity contribution in [3.8, 4) is 0 Å². The maximum atomic E-state index is 12.9. The van der Waals surface area contributed by atoms with E-state index in [1.165, 1.54) is 154 Å². The summed E-state index contributed by atoms with van der Waals surface area (Å²) in [6, 6.07) is -0.857. The van der Waals surface area contributed by atoms with Gasteiger partial charge in [-0.25, -0.2) is 4.79 Å². The minimum absolute atomic E-state index is 0.0103. The molecule has 0 aromatic heterocycles. The van der Waals surface area contributed by atoms with Crippen LogP contribution >= 0.6 is 0 Å². The lowest BCUT2D eigenvalue weighted by Gasteiger charge is -2.18. The molecule has 0 aromatic carbocycles. The van der Waals surface area contributed by atoms with Crippen LogP contribution in [0.25, 0.3) is 0 Å². The summed E-state index contributed by atoms with van der Waals surface area (Å²) >= 11 is 0. The lowest BCUT2D eigenvalue weighted by atomic mass is 10.0. The molecule has 0 fully saturated rings. The summed E-state index contributed by atoms with van der Waals surface area (Å²) < 4.78 is 6.08. The van der Waals surface area contributed by atoms with Crippen LogP contribution in [0, 0.1) is 0 Å². The molecule has 0 aliphatic heterocycles. The molecule has 0 saturated carbocycles. The predicted octanol–water partition coefficient (Wildman–Crippen LogP) is 15.7. The van der Waals surface area contributed by atoms with Gasteiger partial charge < -0.3 is 20.9 Å². The van der Waals surface area contributed by atoms with Crippen molar-refractivity contribution in [2.24, 2.45) is 5.73 Å². The number of nitrogens with two attached hydrogens (primary N) is 1. The fraction of sp³-hybridized carbons (Fsp3) is 0.833. The largest absolute Gasteiger partial charge is 0.480 e. The summed E-state index contributed by atoms with van der Waals surface area (Å²) in [5.41, 5.74) is 5.50. The Kier molecular flexibility index (Phi) is 46.7. The fourth-order valence-electron chi connectivity index (χ4n) is 7.99. The van der Waals surface area contributed by atoms with E-state index in [0.29, 0.717) is 32.2 Å². The highest BCUT2D eigenvalue weighted by atomic mass is 16.5. The average Bonchev–Trinajstić information content (AvgIpc) is 3.25. The van der Waals surface area contributed by atoms with E-state index in [4.69, 9.17) is 10.5 Å². The topological polar surface area (TPSA) is 119 Å². The van der Waals surface area contributed by atoms with E-state index in [2.05, 4.69) is 55.6 Å². The molecule has 7 nitrogen and oxygen atoms in total. The summed E-state index contributed by atoms with van der Waals surface area (Å²) in [7, 11) is 0. The first kappa shape index (κ1) is 58.6. The highest BCUT2D eigenvalue weighted by Gasteiger charge is 2.19. The molecule has 0 bridgehead atoms. The van der Waals surface area contributed by atoms with Crippen LogP contribution in [0.1, 0.15) is 271 Å². The Balaban J connectivity index is 4.21. The number of amides is 1. The molecule has 0 aliphatic rings. The van der Waals surface area contributed by atoms with E-state index in [1.54, 1.807) is 0 Å². The molecule has 4 N–H and O–H groups in total. The van der Waals surface area contributed by atoms with E-state index in [1.807, 2.05) is 0 Å². The van der Waals surface area contributed by atoms with Gasteiger partial charge in [-0.05, 0) is 96.4 Å². The summed E-state index contributed by atoms with van der Waals surface area (Å²) in [5, 5.41) is 12.0. The fourth-order valence-corrected chi connectivity index (χ4v) is 7.99. The van der Waals surface area contributed by atoms with E-state index in [9.17, 15) is 19.5 Å². The Bertz CT molecular complexity index is 1060. The normalized spacial score (nSPS) is 12.8. The number of carbonyl (C=O) groups is 3. The Morgan fingerprint density at radius 2 is 0.852 bits per heavy atom. The van der Waals surface area contributed by atoms with Gasteiger partial charge in [0.05, 0.1) is 0 Å². The van der Waals surface area contributed by atoms with Crippen molar-refractivity contribution in [3.63, 3.8) is 0 Å². The van der Waals surface area contributed by atoms with Crippen LogP contribution in [0.4, 0.5) is 0 Å². The van der Waals surface area contributed by atoms with Crippen molar-refractivity contribution in [1.29, 1.82) is 0 Å². The second-order valence-corrected chi connectivity index (χ2v) is 17.9. The van der Waals surface area contributed by atoms with Gasteiger partial charge in [0.1, 0.15) is 12.1 Å². The summed E-state index contributed by atoms with van der Waals surface area (Å²) in [6.07, 6.45) is 59.2. The first-order valence-electron chi connectivity index (χ1n) is 26.3. The van der Waals surface area contributed by atoms with Crippen LogP contribution in [0.2, 0.25) is 0 Å². The van der Waals surface area contributed by atoms with E-state index in [0.717, 1.165) is 77.0 Å². The van der Waals surface area contributed by atoms with Gasteiger partial charge >= 0.3 is 11.9 Å². The maximum Gasteiger partial charge on any atom is 0.326 e. The third-order valence-corrected chi connectivity index (χ3v) is 12.0. The van der Waals surface area contributed by atoms with Gasteiger partial charge in [-0.3, -0.25) is 9.59 Å². The third-order valence-electron chi connectivity index (χ3n) is 12.0. The van der Waals surface area contributed by atoms with Crippen molar-refractivity contribution >= 4 is 17.8 Å². The van der Waals surface area contributed by atoms with Crippen LogP contribution in [0.15, 0.2) is 36.5 Å². The van der Waals surface area contributed by atoms with Gasteiger partial charge in [-0.1, -0.05) is 204 Å². The number of allylic oxidation sites excluding steroid dienone is 6. The zero-order chi connectivity index (χ0) is 44.5. The van der Waals surface area contributed by atoms with Gasteiger partial charge in [-0.15, -0.1) is 0 Å². The number of ether oxygens (including phenoxy) is 1. The number of nitrogens with one attached hydrogen (secondary N) is 1. The molecule has 7 heteroatoms. The molecule has 1 amide bonds. The SMILES string of the molecule is CCCCCCC/C=C\C/C=C\C/C=C\CCCCCCCCCCC(=O)OC(CCCCCCCCCCCCCC)CCCCCCCC(=O)NC(CCCN)C(=O)O. The summed E-state index contributed by atoms with van der Waals surface area (Å²) in [5.74, 6) is -1.22. The second kappa shape index (κ2) is 48.6. The van der Waals surface area contributed by atoms with E-state index >= 15 is 0 Å². The number of unbranched alkanes of at least 4 members (excludes halogenated alkanes) is 28. The highest BCUT2D eigenvalue weighted by molar-refractivity contribution is 5.83. The number of carboxylic acids is 1. The predicted molar refractivity (Wildman–Crippen MR) is 262 cm³/mol. The monoisotopic (exact) mass is 857 g/mol. The molecule has 356 valence electrons. The summed E-state index contributed by atoms with van der Waals surface area (Å²) in [6.45, 7) is 4.96. The number of esters is 1. The maximum absolute atomic E-state index is 12.9. The van der Waals surface area contributed by atoms with Gasteiger partial charge in [0.25, 0.3) is 0 Å². The molecular formula is C54H100N2O5. The quantitative estimate of drug-likeness (QED) is 0.0319. The molecule has 0 aliphatic carbocycles. The molecule has 0 rings (SSSR count). The van der Waals surface area contributed by atoms with Crippen molar-refractivity contribution in [2.75, 3.05) is 6.54 Å². The van der Waals surface area contributed by atoms with Crippen LogP contribution in [0.3, 0.4) is 0 Å². The Morgan fingerprint density at radius 3 is 1.28 bits per heavy atom. The minimum Gasteiger partial charge on any atom is -0.480 e. The first-order chi connectivity index (χ1) is 29.9. The minimum atomic E-state index is -1.00. The smallest absolute Gasteiger partial charge is 0.326 e. The van der Waals surface area contributed by atoms with Crippen LogP contribution in [-0.2, 0) is 19.1 Å². The molecular weight excluding hydrogens is 757 g/mol. The highest BCUT2D eigenvalue weighted by Crippen LogP contribution is 2.19. The van der Waals surface area contributed by atoms with E-state index < -0.39 is 12.0 Å². The Hall–Kier alpha value is -2.41. The third kappa shape index (κ3) is 45.4. The number of hydrogen-bond donors (Lipinski definition) is 3. The van der Waals surface area contributed by atoms with Gasteiger partial charge in [-0.2, -0.15) is 0 Å². The van der Waals surface area contributed by atoms with Gasteiger partial charge in [0.15, 0.2) is 0 Å². The number of hydrogen-bond acceptors (Lipinski definition) is 5. The Morgan fingerprint density at radius 1 is 0.475 bits per heavy atom. The zero-order valence-corrected chi connectivity index (χ0v) is 40.3. The first-order valence-corrected chi connectivity index (χ1v) is 26.3. The van der Waals surface area contributed by atoms with Crippen molar-refractivity contribution in [3.05, 3.63) is 36.5 Å². The molecule has 0 spiro atoms. The summed E-state index contributed by atoms with van der Waals surface area (Å²) in [4.78, 5) is 36.6. The van der Waals surface area contributed by atoms with Gasteiger partial charge in [0.2, 0.25) is 5.91 Å². The average molecular weight is 857 g/mol. The lowest BCUT2D eigenvalue weighted by molar-refractivity contribution is -0.150. The van der Waals surface area contributed by atoms with Crippen LogP contribution in [-0.4, -0.2) is 41.6 Å². The Labute approximate surface area is 377 Å². The van der Waals surface area contributed by atoms with Crippen molar-refractivity contribution in [1.82, 2.24) is 5.32 Å². The number of rotatable bonds is 48. The lowest BCUT2D eigenvalue weighted by Crippen LogP contribution is -2.40. The number of aliphatic carboxylic acids is 1. The molecule has 0 saturated heterocycles. The van der Waals surface area contributed by atoms with Crippen molar-refractivity contribution in [2.45, 2.75) is 283 Å².